The van der Waals surface area contributed by atoms with E-state index >= 15 is 0 Å². The zero-order valence-electron chi connectivity index (χ0n) is 9.24. The number of nitrogens with zero attached hydrogens (tertiary/aromatic N) is 3. The third kappa shape index (κ3) is 1.78. The van der Waals surface area contributed by atoms with Crippen molar-refractivity contribution in [2.75, 3.05) is 13.6 Å². The molecule has 4 nitrogen and oxygen atoms in total. The number of aryl methyl sites for hydroxylation is 1. The molecule has 14 heavy (non-hydrogen) atoms. The lowest BCUT2D eigenvalue weighted by molar-refractivity contribution is 0.0774. The van der Waals surface area contributed by atoms with E-state index in [-0.39, 0.29) is 5.91 Å². The number of carbonyl (C=O) groups excluding carboxylic acids is 1. The van der Waals surface area contributed by atoms with Crippen molar-refractivity contribution in [2.45, 2.75) is 20.3 Å². The second-order valence-corrected chi connectivity index (χ2v) is 3.15. The van der Waals surface area contributed by atoms with E-state index in [4.69, 9.17) is 0 Å². The van der Waals surface area contributed by atoms with Crippen molar-refractivity contribution in [3.63, 3.8) is 0 Å². The SMILES string of the molecule is CC.CN1CCc2cn(C)nc2C1=O. The van der Waals surface area contributed by atoms with Crippen LogP contribution in [0.3, 0.4) is 0 Å². The average molecular weight is 195 g/mol. The third-order valence-corrected chi connectivity index (χ3v) is 2.17. The first-order valence-corrected chi connectivity index (χ1v) is 4.96. The second kappa shape index (κ2) is 4.26. The highest BCUT2D eigenvalue weighted by Gasteiger charge is 2.24. The van der Waals surface area contributed by atoms with E-state index < -0.39 is 0 Å². The molecule has 1 aliphatic rings. The second-order valence-electron chi connectivity index (χ2n) is 3.15. The van der Waals surface area contributed by atoms with E-state index in [2.05, 4.69) is 5.10 Å². The molecule has 0 spiro atoms. The zero-order chi connectivity index (χ0) is 10.7. The van der Waals surface area contributed by atoms with E-state index in [9.17, 15) is 4.79 Å². The summed E-state index contributed by atoms with van der Waals surface area (Å²) >= 11 is 0. The Morgan fingerprint density at radius 2 is 2.00 bits per heavy atom. The van der Waals surface area contributed by atoms with E-state index in [0.717, 1.165) is 18.5 Å². The van der Waals surface area contributed by atoms with Gasteiger partial charge in [-0.05, 0) is 6.42 Å². The van der Waals surface area contributed by atoms with Crippen LogP contribution in [0.5, 0.6) is 0 Å². The highest BCUT2D eigenvalue weighted by Crippen LogP contribution is 2.15. The molecule has 2 heterocycles. The van der Waals surface area contributed by atoms with E-state index in [1.165, 1.54) is 0 Å². The summed E-state index contributed by atoms with van der Waals surface area (Å²) in [7, 11) is 3.64. The first-order chi connectivity index (χ1) is 6.68. The van der Waals surface area contributed by atoms with Crippen LogP contribution >= 0.6 is 0 Å². The van der Waals surface area contributed by atoms with Gasteiger partial charge >= 0.3 is 0 Å². The van der Waals surface area contributed by atoms with Gasteiger partial charge in [-0.3, -0.25) is 9.48 Å². The van der Waals surface area contributed by atoms with E-state index in [1.54, 1.807) is 16.6 Å². The Morgan fingerprint density at radius 3 is 2.64 bits per heavy atom. The van der Waals surface area contributed by atoms with Gasteiger partial charge in [0.05, 0.1) is 0 Å². The van der Waals surface area contributed by atoms with Crippen LogP contribution in [0, 0.1) is 0 Å². The molecule has 0 saturated heterocycles. The van der Waals surface area contributed by atoms with Crippen molar-refractivity contribution in [1.29, 1.82) is 0 Å². The Kier molecular flexibility index (Phi) is 3.28. The molecule has 0 aromatic carbocycles. The first kappa shape index (κ1) is 10.8. The van der Waals surface area contributed by atoms with Crippen LogP contribution in [-0.4, -0.2) is 34.2 Å². The van der Waals surface area contributed by atoms with Crippen LogP contribution in [0.2, 0.25) is 0 Å². The molecule has 2 rings (SSSR count). The maximum atomic E-state index is 11.5. The van der Waals surface area contributed by atoms with Crippen molar-refractivity contribution >= 4 is 5.91 Å². The molecular formula is C10H17N3O. The average Bonchev–Trinajstić information content (AvgIpc) is 2.57. The summed E-state index contributed by atoms with van der Waals surface area (Å²) in [6.45, 7) is 4.80. The zero-order valence-corrected chi connectivity index (χ0v) is 9.24. The van der Waals surface area contributed by atoms with Crippen LogP contribution in [-0.2, 0) is 13.5 Å². The monoisotopic (exact) mass is 195 g/mol. The summed E-state index contributed by atoms with van der Waals surface area (Å²) in [5.74, 6) is 0.0388. The van der Waals surface area contributed by atoms with Gasteiger partial charge in [-0.25, -0.2) is 0 Å². The van der Waals surface area contributed by atoms with Gasteiger partial charge in [0.25, 0.3) is 5.91 Å². The van der Waals surface area contributed by atoms with Crippen molar-refractivity contribution in [3.05, 3.63) is 17.5 Å². The molecule has 0 bridgehead atoms. The maximum absolute atomic E-state index is 11.5. The number of aromatic nitrogens is 2. The molecule has 1 aromatic rings. The van der Waals surface area contributed by atoms with Gasteiger partial charge in [-0.15, -0.1) is 0 Å². The number of carbonyl (C=O) groups is 1. The van der Waals surface area contributed by atoms with Gasteiger partial charge < -0.3 is 4.90 Å². The Hall–Kier alpha value is -1.32. The van der Waals surface area contributed by atoms with Gasteiger partial charge in [0, 0.05) is 32.4 Å². The molecule has 0 unspecified atom stereocenters. The van der Waals surface area contributed by atoms with Crippen molar-refractivity contribution in [3.8, 4) is 0 Å². The molecule has 0 atom stereocenters. The third-order valence-electron chi connectivity index (χ3n) is 2.17. The largest absolute Gasteiger partial charge is 0.340 e. The molecule has 1 amide bonds. The number of rotatable bonds is 0. The topological polar surface area (TPSA) is 38.1 Å². The number of amides is 1. The summed E-state index contributed by atoms with van der Waals surface area (Å²) < 4.78 is 1.70. The van der Waals surface area contributed by atoms with Gasteiger partial charge in [0.2, 0.25) is 0 Å². The molecule has 0 radical (unpaired) electrons. The molecule has 0 aliphatic carbocycles. The minimum absolute atomic E-state index is 0.0388. The molecule has 1 aromatic heterocycles. The standard InChI is InChI=1S/C8H11N3O.C2H6/c1-10-4-3-6-5-11(2)9-7(6)8(10)12;1-2/h5H,3-4H2,1-2H3;1-2H3. The fourth-order valence-electron chi connectivity index (χ4n) is 1.47. The summed E-state index contributed by atoms with van der Waals surface area (Å²) in [6.07, 6.45) is 2.84. The molecule has 4 heteroatoms. The molecule has 0 saturated carbocycles. The Labute approximate surface area is 84.5 Å². The molecular weight excluding hydrogens is 178 g/mol. The highest BCUT2D eigenvalue weighted by atomic mass is 16.2. The normalized spacial score (nSPS) is 14.6. The van der Waals surface area contributed by atoms with Gasteiger partial charge in [0.15, 0.2) is 5.69 Å². The fourth-order valence-corrected chi connectivity index (χ4v) is 1.47. The quantitative estimate of drug-likeness (QED) is 0.621. The summed E-state index contributed by atoms with van der Waals surface area (Å²) in [5, 5.41) is 4.11. The summed E-state index contributed by atoms with van der Waals surface area (Å²) in [6, 6.07) is 0. The lowest BCUT2D eigenvalue weighted by atomic mass is 10.1. The molecule has 0 fully saturated rings. The predicted octanol–water partition coefficient (Wildman–Crippen LogP) is 1.07. The molecule has 78 valence electrons. The lowest BCUT2D eigenvalue weighted by Gasteiger charge is -2.20. The first-order valence-electron chi connectivity index (χ1n) is 4.96. The van der Waals surface area contributed by atoms with Gasteiger partial charge in [-0.2, -0.15) is 5.10 Å². The summed E-state index contributed by atoms with van der Waals surface area (Å²) in [4.78, 5) is 13.2. The van der Waals surface area contributed by atoms with E-state index in [0.29, 0.717) is 5.69 Å². The van der Waals surface area contributed by atoms with Crippen molar-refractivity contribution in [1.82, 2.24) is 14.7 Å². The Balaban J connectivity index is 0.000000461. The summed E-state index contributed by atoms with van der Waals surface area (Å²) in [5.41, 5.74) is 1.69. The van der Waals surface area contributed by atoms with Crippen LogP contribution in [0.1, 0.15) is 29.9 Å². The molecule has 0 N–H and O–H groups in total. The number of fused-ring (bicyclic) bond motifs is 1. The highest BCUT2D eigenvalue weighted by molar-refractivity contribution is 5.94. The van der Waals surface area contributed by atoms with Gasteiger partial charge in [0.1, 0.15) is 0 Å². The smallest absolute Gasteiger partial charge is 0.274 e. The van der Waals surface area contributed by atoms with Gasteiger partial charge in [-0.1, -0.05) is 13.8 Å². The Bertz CT molecular complexity index is 330. The lowest BCUT2D eigenvalue weighted by Crippen LogP contribution is -2.33. The number of likely N-dealkylation sites (N-methyl/N-ethyl adjacent to an activating group) is 1. The van der Waals surface area contributed by atoms with E-state index in [1.807, 2.05) is 27.1 Å². The van der Waals surface area contributed by atoms with Crippen molar-refractivity contribution in [2.24, 2.45) is 7.05 Å². The van der Waals surface area contributed by atoms with Crippen LogP contribution < -0.4 is 0 Å². The number of hydrogen-bond donors (Lipinski definition) is 0. The van der Waals surface area contributed by atoms with Crippen LogP contribution in [0.25, 0.3) is 0 Å². The minimum Gasteiger partial charge on any atom is -0.340 e. The van der Waals surface area contributed by atoms with Crippen LogP contribution in [0.4, 0.5) is 0 Å². The predicted molar refractivity (Wildman–Crippen MR) is 55.2 cm³/mol. The van der Waals surface area contributed by atoms with Crippen molar-refractivity contribution < 1.29 is 4.79 Å². The molecule has 1 aliphatic heterocycles. The maximum Gasteiger partial charge on any atom is 0.274 e. The minimum atomic E-state index is 0.0388. The van der Waals surface area contributed by atoms with Crippen LogP contribution in [0.15, 0.2) is 6.20 Å². The fraction of sp³-hybridized carbons (Fsp3) is 0.600. The Morgan fingerprint density at radius 1 is 1.36 bits per heavy atom. The number of hydrogen-bond acceptors (Lipinski definition) is 2.